The summed E-state index contributed by atoms with van der Waals surface area (Å²) < 4.78 is 18.6. The van der Waals surface area contributed by atoms with Gasteiger partial charge in [-0.05, 0) is 23.6 Å². The molecule has 0 N–H and O–H groups in total. The lowest BCUT2D eigenvalue weighted by molar-refractivity contribution is 0.0677. The van der Waals surface area contributed by atoms with E-state index in [0.29, 0.717) is 19.7 Å². The Hall–Kier alpha value is -1.79. The van der Waals surface area contributed by atoms with E-state index in [1.54, 1.807) is 29.4 Å². The van der Waals surface area contributed by atoms with Gasteiger partial charge in [-0.3, -0.25) is 4.79 Å². The molecule has 0 aliphatic carbocycles. The first-order chi connectivity index (χ1) is 9.72. The van der Waals surface area contributed by atoms with Crippen LogP contribution in [0.1, 0.15) is 15.2 Å². The number of carbonyl (C=O) groups excluding carboxylic acids is 1. The van der Waals surface area contributed by atoms with Crippen LogP contribution in [0.25, 0.3) is 0 Å². The van der Waals surface area contributed by atoms with Crippen molar-refractivity contribution in [2.75, 3.05) is 20.3 Å². The van der Waals surface area contributed by atoms with Crippen LogP contribution in [0.4, 0.5) is 4.39 Å². The lowest BCUT2D eigenvalue weighted by Crippen LogP contribution is -2.33. The second kappa shape index (κ2) is 7.12. The Morgan fingerprint density at radius 2 is 2.30 bits per heavy atom. The van der Waals surface area contributed by atoms with Gasteiger partial charge in [-0.1, -0.05) is 6.07 Å². The molecular weight excluding hydrogens is 279 g/mol. The number of carbonyl (C=O) groups is 1. The van der Waals surface area contributed by atoms with E-state index in [-0.39, 0.29) is 11.5 Å². The highest BCUT2D eigenvalue weighted by Crippen LogP contribution is 2.15. The predicted molar refractivity (Wildman–Crippen MR) is 75.1 cm³/mol. The number of thiophene rings is 1. The molecular formula is C14H15FN2O2S. The Morgan fingerprint density at radius 1 is 1.45 bits per heavy atom. The zero-order valence-corrected chi connectivity index (χ0v) is 11.9. The minimum atomic E-state index is -0.744. The van der Waals surface area contributed by atoms with Crippen molar-refractivity contribution in [3.8, 4) is 0 Å². The number of nitrogens with zero attached hydrogens (tertiary/aromatic N) is 2. The minimum Gasteiger partial charge on any atom is -0.383 e. The number of hydrogen-bond donors (Lipinski definition) is 0. The molecule has 106 valence electrons. The Morgan fingerprint density at radius 3 is 2.95 bits per heavy atom. The Balaban J connectivity index is 2.17. The average Bonchev–Trinajstić information content (AvgIpc) is 2.96. The molecule has 2 aromatic heterocycles. The van der Waals surface area contributed by atoms with Gasteiger partial charge in [0.25, 0.3) is 5.91 Å². The first-order valence-electron chi connectivity index (χ1n) is 6.13. The van der Waals surface area contributed by atoms with E-state index in [1.165, 1.54) is 12.3 Å². The molecule has 0 unspecified atom stereocenters. The smallest absolute Gasteiger partial charge is 0.258 e. The topological polar surface area (TPSA) is 42.4 Å². The van der Waals surface area contributed by atoms with Gasteiger partial charge in [0, 0.05) is 24.7 Å². The van der Waals surface area contributed by atoms with Gasteiger partial charge in [0.1, 0.15) is 0 Å². The summed E-state index contributed by atoms with van der Waals surface area (Å²) in [6.45, 7) is 1.24. The van der Waals surface area contributed by atoms with E-state index >= 15 is 0 Å². The number of amides is 1. The summed E-state index contributed by atoms with van der Waals surface area (Å²) in [6, 6.07) is 6.86. The first kappa shape index (κ1) is 14.6. The molecule has 1 amide bonds. The fraction of sp³-hybridized carbons (Fsp3) is 0.286. The summed E-state index contributed by atoms with van der Waals surface area (Å²) in [7, 11) is 1.57. The monoisotopic (exact) mass is 294 g/mol. The molecule has 20 heavy (non-hydrogen) atoms. The zero-order valence-electron chi connectivity index (χ0n) is 11.1. The number of ether oxygens (including phenoxy) is 1. The standard InChI is InChI=1S/C14H15FN2O2S/c1-19-8-7-17(10-11-4-3-9-20-11)14(18)12-5-2-6-16-13(12)15/h2-6,9H,7-8,10H2,1H3. The van der Waals surface area contributed by atoms with Gasteiger partial charge in [-0.15, -0.1) is 11.3 Å². The lowest BCUT2D eigenvalue weighted by atomic mass is 10.2. The molecule has 0 spiro atoms. The maximum absolute atomic E-state index is 13.6. The summed E-state index contributed by atoms with van der Waals surface area (Å²) in [4.78, 5) is 18.5. The maximum atomic E-state index is 13.6. The van der Waals surface area contributed by atoms with Gasteiger partial charge in [-0.25, -0.2) is 4.98 Å². The number of pyridine rings is 1. The van der Waals surface area contributed by atoms with Crippen LogP contribution in [0.15, 0.2) is 35.8 Å². The second-order valence-corrected chi connectivity index (χ2v) is 5.17. The first-order valence-corrected chi connectivity index (χ1v) is 7.01. The number of methoxy groups -OCH3 is 1. The highest BCUT2D eigenvalue weighted by atomic mass is 32.1. The molecule has 0 aliphatic rings. The quantitative estimate of drug-likeness (QED) is 0.769. The van der Waals surface area contributed by atoms with Crippen LogP contribution >= 0.6 is 11.3 Å². The Kier molecular flexibility index (Phi) is 5.20. The molecule has 4 nitrogen and oxygen atoms in total. The van der Waals surface area contributed by atoms with Gasteiger partial charge >= 0.3 is 0 Å². The van der Waals surface area contributed by atoms with Crippen molar-refractivity contribution in [3.05, 3.63) is 52.2 Å². The van der Waals surface area contributed by atoms with Crippen molar-refractivity contribution >= 4 is 17.2 Å². The third kappa shape index (κ3) is 3.61. The Bertz CT molecular complexity index is 560. The van der Waals surface area contributed by atoms with E-state index in [9.17, 15) is 9.18 Å². The van der Waals surface area contributed by atoms with Gasteiger partial charge in [-0.2, -0.15) is 4.39 Å². The van der Waals surface area contributed by atoms with Crippen molar-refractivity contribution in [3.63, 3.8) is 0 Å². The normalized spacial score (nSPS) is 10.5. The summed E-state index contributed by atoms with van der Waals surface area (Å²) in [5.41, 5.74) is -0.0137. The van der Waals surface area contributed by atoms with Crippen molar-refractivity contribution in [1.82, 2.24) is 9.88 Å². The third-order valence-corrected chi connectivity index (χ3v) is 3.63. The molecule has 2 heterocycles. The average molecular weight is 294 g/mol. The van der Waals surface area contributed by atoms with Crippen molar-refractivity contribution in [2.24, 2.45) is 0 Å². The molecule has 0 saturated heterocycles. The summed E-state index contributed by atoms with van der Waals surface area (Å²) in [5, 5.41) is 1.94. The van der Waals surface area contributed by atoms with Crippen LogP contribution in [0, 0.1) is 5.95 Å². The maximum Gasteiger partial charge on any atom is 0.258 e. The number of aromatic nitrogens is 1. The second-order valence-electron chi connectivity index (χ2n) is 4.14. The Labute approximate surface area is 120 Å². The van der Waals surface area contributed by atoms with E-state index in [4.69, 9.17) is 4.74 Å². The fourth-order valence-electron chi connectivity index (χ4n) is 1.76. The number of halogens is 1. The molecule has 0 saturated carbocycles. The summed E-state index contributed by atoms with van der Waals surface area (Å²) >= 11 is 1.56. The lowest BCUT2D eigenvalue weighted by Gasteiger charge is -2.21. The number of hydrogen-bond acceptors (Lipinski definition) is 4. The molecule has 0 atom stereocenters. The van der Waals surface area contributed by atoms with Crippen molar-refractivity contribution < 1.29 is 13.9 Å². The number of rotatable bonds is 6. The van der Waals surface area contributed by atoms with E-state index in [0.717, 1.165) is 4.88 Å². The highest BCUT2D eigenvalue weighted by molar-refractivity contribution is 7.09. The molecule has 2 aromatic rings. The van der Waals surface area contributed by atoms with Gasteiger partial charge in [0.15, 0.2) is 0 Å². The molecule has 0 bridgehead atoms. The van der Waals surface area contributed by atoms with Crippen molar-refractivity contribution in [2.45, 2.75) is 6.54 Å². The molecule has 6 heteroatoms. The fourth-order valence-corrected chi connectivity index (χ4v) is 2.48. The van der Waals surface area contributed by atoms with Crippen LogP contribution in [0.2, 0.25) is 0 Å². The van der Waals surface area contributed by atoms with Crippen LogP contribution in [-0.2, 0) is 11.3 Å². The van der Waals surface area contributed by atoms with Crippen LogP contribution in [0.5, 0.6) is 0 Å². The summed E-state index contributed by atoms with van der Waals surface area (Å²) in [6.07, 6.45) is 1.32. The molecule has 0 radical (unpaired) electrons. The molecule has 0 aliphatic heterocycles. The van der Waals surface area contributed by atoms with Crippen LogP contribution < -0.4 is 0 Å². The molecule has 0 aromatic carbocycles. The third-order valence-electron chi connectivity index (χ3n) is 2.77. The zero-order chi connectivity index (χ0) is 14.4. The van der Waals surface area contributed by atoms with Crippen LogP contribution in [-0.4, -0.2) is 36.1 Å². The van der Waals surface area contributed by atoms with Gasteiger partial charge in [0.05, 0.1) is 18.7 Å². The van der Waals surface area contributed by atoms with E-state index < -0.39 is 5.95 Å². The van der Waals surface area contributed by atoms with Gasteiger partial charge < -0.3 is 9.64 Å². The van der Waals surface area contributed by atoms with Crippen molar-refractivity contribution in [1.29, 1.82) is 0 Å². The summed E-state index contributed by atoms with van der Waals surface area (Å²) in [5.74, 6) is -1.12. The minimum absolute atomic E-state index is 0.0137. The molecule has 0 fully saturated rings. The van der Waals surface area contributed by atoms with Gasteiger partial charge in [0.2, 0.25) is 5.95 Å². The predicted octanol–water partition coefficient (Wildman–Crippen LogP) is 2.57. The van der Waals surface area contributed by atoms with E-state index in [1.807, 2.05) is 17.5 Å². The largest absolute Gasteiger partial charge is 0.383 e. The van der Waals surface area contributed by atoms with E-state index in [2.05, 4.69) is 4.98 Å². The highest BCUT2D eigenvalue weighted by Gasteiger charge is 2.20. The molecule has 2 rings (SSSR count). The SMILES string of the molecule is COCCN(Cc1cccs1)C(=O)c1cccnc1F. The van der Waals surface area contributed by atoms with Crippen LogP contribution in [0.3, 0.4) is 0 Å².